The van der Waals surface area contributed by atoms with E-state index in [1.54, 1.807) is 6.92 Å². The summed E-state index contributed by atoms with van der Waals surface area (Å²) in [7, 11) is 0. The molecule has 0 heterocycles. The van der Waals surface area contributed by atoms with Gasteiger partial charge in [-0.2, -0.15) is 0 Å². The lowest BCUT2D eigenvalue weighted by Crippen LogP contribution is -2.27. The second kappa shape index (κ2) is 10.1. The number of alkyl halides is 1. The van der Waals surface area contributed by atoms with Crippen molar-refractivity contribution >= 4 is 5.57 Å². The largest absolute Gasteiger partial charge is 0.248 e. The van der Waals surface area contributed by atoms with Crippen molar-refractivity contribution in [2.75, 3.05) is 0 Å². The normalized spacial score (nSPS) is 23.4. The Balaban J connectivity index is 2.40. The van der Waals surface area contributed by atoms with Crippen molar-refractivity contribution in [3.05, 3.63) is 65.3 Å². The molecule has 156 valence electrons. The molecule has 0 spiro atoms. The molecule has 0 saturated heterocycles. The molecule has 0 nitrogen and oxygen atoms in total. The minimum absolute atomic E-state index is 0.0872. The topological polar surface area (TPSA) is 0 Å². The van der Waals surface area contributed by atoms with Gasteiger partial charge in [-0.25, -0.2) is 4.39 Å². The molecule has 0 aromatic heterocycles. The van der Waals surface area contributed by atoms with Gasteiger partial charge in [-0.15, -0.1) is 5.92 Å². The van der Waals surface area contributed by atoms with E-state index in [0.29, 0.717) is 12.3 Å². The van der Waals surface area contributed by atoms with Crippen molar-refractivity contribution in [3.8, 4) is 11.8 Å². The van der Waals surface area contributed by atoms with Gasteiger partial charge in [-0.1, -0.05) is 38.2 Å². The molecule has 1 unspecified atom stereocenters. The highest BCUT2D eigenvalue weighted by Gasteiger charge is 2.34. The van der Waals surface area contributed by atoms with E-state index in [2.05, 4.69) is 57.9 Å². The third-order valence-corrected chi connectivity index (χ3v) is 6.60. The second-order valence-corrected chi connectivity index (χ2v) is 8.96. The fraction of sp³-hybridized carbons (Fsp3) is 0.500. The summed E-state index contributed by atoms with van der Waals surface area (Å²) in [6, 6.07) is 4.33. The molecule has 1 aromatic carbocycles. The van der Waals surface area contributed by atoms with Crippen LogP contribution in [0.2, 0.25) is 0 Å². The Morgan fingerprint density at radius 2 is 1.79 bits per heavy atom. The standard InChI is InChI=1S/C28H37F/c1-8-11-24-18-20(4)27(21(5)19-24)25(9-2)26(10-3)28(7)16-14-23(15-17-28)13-12-22(6)29/h9-10,18-19,22-23H,2-3,12-17H2,1,4-7H3/b26-25+. The molecule has 2 rings (SSSR count). The summed E-state index contributed by atoms with van der Waals surface area (Å²) < 4.78 is 13.2. The van der Waals surface area contributed by atoms with Crippen LogP contribution in [-0.2, 0) is 0 Å². The van der Waals surface area contributed by atoms with Crippen LogP contribution in [0.3, 0.4) is 0 Å². The molecule has 1 atom stereocenters. The first-order valence-corrected chi connectivity index (χ1v) is 10.9. The molecule has 1 fully saturated rings. The molecule has 0 radical (unpaired) electrons. The predicted molar refractivity (Wildman–Crippen MR) is 126 cm³/mol. The maximum atomic E-state index is 13.2. The molecule has 0 amide bonds. The van der Waals surface area contributed by atoms with Crippen LogP contribution in [0.5, 0.6) is 0 Å². The van der Waals surface area contributed by atoms with Gasteiger partial charge in [0.1, 0.15) is 0 Å². The highest BCUT2D eigenvalue weighted by atomic mass is 19.1. The summed E-state index contributed by atoms with van der Waals surface area (Å²) in [6.45, 7) is 18.6. The minimum atomic E-state index is -0.689. The average Bonchev–Trinajstić information content (AvgIpc) is 2.66. The molecular weight excluding hydrogens is 355 g/mol. The highest BCUT2D eigenvalue weighted by Crippen LogP contribution is 2.48. The number of aryl methyl sites for hydroxylation is 2. The minimum Gasteiger partial charge on any atom is -0.248 e. The third-order valence-electron chi connectivity index (χ3n) is 6.60. The predicted octanol–water partition coefficient (Wildman–Crippen LogP) is 8.14. The summed E-state index contributed by atoms with van der Waals surface area (Å²) in [5.41, 5.74) is 7.35. The van der Waals surface area contributed by atoms with Gasteiger partial charge in [-0.3, -0.25) is 0 Å². The summed E-state index contributed by atoms with van der Waals surface area (Å²) in [5, 5.41) is 0. The molecule has 1 heteroatoms. The Morgan fingerprint density at radius 3 is 2.24 bits per heavy atom. The number of hydrogen-bond donors (Lipinski definition) is 0. The third kappa shape index (κ3) is 5.51. The Kier molecular flexibility index (Phi) is 8.09. The number of halogens is 1. The van der Waals surface area contributed by atoms with Crippen LogP contribution in [0.25, 0.3) is 5.57 Å². The average molecular weight is 393 g/mol. The first-order valence-electron chi connectivity index (χ1n) is 10.9. The van der Waals surface area contributed by atoms with E-state index in [-0.39, 0.29) is 5.41 Å². The van der Waals surface area contributed by atoms with E-state index in [9.17, 15) is 4.39 Å². The molecule has 29 heavy (non-hydrogen) atoms. The van der Waals surface area contributed by atoms with Crippen LogP contribution in [0.4, 0.5) is 4.39 Å². The molecule has 0 aliphatic heterocycles. The lowest BCUT2D eigenvalue weighted by molar-refractivity contribution is 0.193. The zero-order valence-corrected chi connectivity index (χ0v) is 19.0. The van der Waals surface area contributed by atoms with Gasteiger partial charge >= 0.3 is 0 Å². The van der Waals surface area contributed by atoms with Gasteiger partial charge < -0.3 is 0 Å². The molecule has 1 aliphatic carbocycles. The van der Waals surface area contributed by atoms with Crippen LogP contribution >= 0.6 is 0 Å². The SMILES string of the molecule is C=C/C(=C(/C=C)C1(C)CCC(CCC(C)F)CC1)c1c(C)cc(C#CC)cc1C. The quantitative estimate of drug-likeness (QED) is 0.324. The van der Waals surface area contributed by atoms with Crippen molar-refractivity contribution in [2.24, 2.45) is 11.3 Å². The monoisotopic (exact) mass is 392 g/mol. The molecule has 1 saturated carbocycles. The summed E-state index contributed by atoms with van der Waals surface area (Å²) in [4.78, 5) is 0. The van der Waals surface area contributed by atoms with E-state index in [4.69, 9.17) is 0 Å². The lowest BCUT2D eigenvalue weighted by atomic mass is 9.65. The first kappa shape index (κ1) is 23.2. The number of hydrogen-bond acceptors (Lipinski definition) is 0. The van der Waals surface area contributed by atoms with Crippen molar-refractivity contribution in [1.82, 2.24) is 0 Å². The van der Waals surface area contributed by atoms with E-state index < -0.39 is 6.17 Å². The summed E-state index contributed by atoms with van der Waals surface area (Å²) in [6.07, 6.45) is 9.61. The Hall–Kier alpha value is -2.07. The van der Waals surface area contributed by atoms with E-state index in [0.717, 1.165) is 37.7 Å². The van der Waals surface area contributed by atoms with Gasteiger partial charge in [0.2, 0.25) is 0 Å². The second-order valence-electron chi connectivity index (χ2n) is 8.96. The fourth-order valence-electron chi connectivity index (χ4n) is 4.97. The van der Waals surface area contributed by atoms with Crippen molar-refractivity contribution in [2.45, 2.75) is 79.3 Å². The van der Waals surface area contributed by atoms with E-state index in [1.165, 1.54) is 27.8 Å². The maximum absolute atomic E-state index is 13.2. The van der Waals surface area contributed by atoms with Gasteiger partial charge in [0.25, 0.3) is 0 Å². The van der Waals surface area contributed by atoms with Gasteiger partial charge in [0, 0.05) is 5.56 Å². The lowest BCUT2D eigenvalue weighted by Gasteiger charge is -2.40. The Bertz CT molecular complexity index is 810. The number of allylic oxidation sites excluding steroid dienone is 4. The smallest absolute Gasteiger partial charge is 0.0973 e. The number of benzene rings is 1. The van der Waals surface area contributed by atoms with Gasteiger partial charge in [0.05, 0.1) is 6.17 Å². The van der Waals surface area contributed by atoms with Crippen molar-refractivity contribution in [3.63, 3.8) is 0 Å². The molecule has 0 bridgehead atoms. The van der Waals surface area contributed by atoms with Gasteiger partial charge in [0.15, 0.2) is 0 Å². The summed E-state index contributed by atoms with van der Waals surface area (Å²) in [5.74, 6) is 6.81. The van der Waals surface area contributed by atoms with Crippen LogP contribution in [-0.4, -0.2) is 6.17 Å². The molecule has 1 aliphatic rings. The number of rotatable bonds is 7. The van der Waals surface area contributed by atoms with Crippen LogP contribution in [0.1, 0.15) is 81.5 Å². The highest BCUT2D eigenvalue weighted by molar-refractivity contribution is 5.82. The zero-order valence-electron chi connectivity index (χ0n) is 19.0. The molecular formula is C28H37F. The van der Waals surface area contributed by atoms with E-state index in [1.807, 2.05) is 19.1 Å². The van der Waals surface area contributed by atoms with Gasteiger partial charge in [-0.05, 0) is 118 Å². The maximum Gasteiger partial charge on any atom is 0.0973 e. The van der Waals surface area contributed by atoms with E-state index >= 15 is 0 Å². The molecule has 1 aromatic rings. The van der Waals surface area contributed by atoms with Crippen molar-refractivity contribution < 1.29 is 4.39 Å². The van der Waals surface area contributed by atoms with Crippen LogP contribution in [0, 0.1) is 37.0 Å². The first-order chi connectivity index (χ1) is 13.8. The Labute approximate surface area is 178 Å². The Morgan fingerprint density at radius 1 is 1.21 bits per heavy atom. The van der Waals surface area contributed by atoms with Crippen molar-refractivity contribution in [1.29, 1.82) is 0 Å². The summed E-state index contributed by atoms with van der Waals surface area (Å²) >= 11 is 0. The zero-order chi connectivity index (χ0) is 21.6. The fourth-order valence-corrected chi connectivity index (χ4v) is 4.97. The van der Waals surface area contributed by atoms with Crippen LogP contribution in [0.15, 0.2) is 43.0 Å². The van der Waals surface area contributed by atoms with Crippen LogP contribution < -0.4 is 0 Å². The molecule has 0 N–H and O–H groups in total.